The number of carbonyl (C=O) groups is 1. The van der Waals surface area contributed by atoms with Gasteiger partial charge in [0, 0.05) is 16.0 Å². The fourth-order valence-electron chi connectivity index (χ4n) is 1.89. The van der Waals surface area contributed by atoms with E-state index in [9.17, 15) is 4.79 Å². The van der Waals surface area contributed by atoms with Crippen molar-refractivity contribution < 1.29 is 9.53 Å². The molecule has 0 saturated carbocycles. The number of esters is 1. The van der Waals surface area contributed by atoms with Gasteiger partial charge < -0.3 is 10.5 Å². The number of hydrogen-bond acceptors (Lipinski definition) is 3. The molecular weight excluding hydrogens is 250 g/mol. The van der Waals surface area contributed by atoms with Gasteiger partial charge in [0.1, 0.15) is 0 Å². The molecule has 18 heavy (non-hydrogen) atoms. The van der Waals surface area contributed by atoms with Crippen molar-refractivity contribution in [2.24, 2.45) is 5.73 Å². The molecule has 0 bridgehead atoms. The molecule has 3 nitrogen and oxygen atoms in total. The van der Waals surface area contributed by atoms with E-state index in [0.717, 1.165) is 5.56 Å². The molecule has 0 aliphatic heterocycles. The minimum atomic E-state index is -0.578. The topological polar surface area (TPSA) is 52.3 Å². The number of ether oxygens (including phenoxy) is 1. The third-order valence-electron chi connectivity index (χ3n) is 3.61. The molecule has 1 rings (SSSR count). The summed E-state index contributed by atoms with van der Waals surface area (Å²) in [5.41, 5.74) is 6.07. The van der Waals surface area contributed by atoms with E-state index in [1.54, 1.807) is 6.07 Å². The van der Waals surface area contributed by atoms with Gasteiger partial charge in [-0.05, 0) is 31.5 Å². The molecule has 0 aromatic heterocycles. The summed E-state index contributed by atoms with van der Waals surface area (Å²) in [4.78, 5) is 11.6. The van der Waals surface area contributed by atoms with Crippen LogP contribution >= 0.6 is 11.6 Å². The zero-order valence-corrected chi connectivity index (χ0v) is 12.0. The molecule has 0 aliphatic rings. The van der Waals surface area contributed by atoms with Crippen molar-refractivity contribution >= 4 is 17.6 Å². The van der Waals surface area contributed by atoms with Crippen LogP contribution < -0.4 is 5.73 Å². The molecule has 100 valence electrons. The van der Waals surface area contributed by atoms with Crippen LogP contribution in [0, 0.1) is 0 Å². The van der Waals surface area contributed by atoms with E-state index >= 15 is 0 Å². The van der Waals surface area contributed by atoms with Gasteiger partial charge >= 0.3 is 5.97 Å². The van der Waals surface area contributed by atoms with Gasteiger partial charge in [-0.3, -0.25) is 4.79 Å². The van der Waals surface area contributed by atoms with E-state index in [-0.39, 0.29) is 12.4 Å². The minimum Gasteiger partial charge on any atom is -0.469 e. The number of hydrogen-bond donors (Lipinski definition) is 1. The number of methoxy groups -OCH3 is 1. The first-order valence-electron chi connectivity index (χ1n) is 5.82. The van der Waals surface area contributed by atoms with Crippen molar-refractivity contribution in [1.29, 1.82) is 0 Å². The maximum Gasteiger partial charge on any atom is 0.306 e. The summed E-state index contributed by atoms with van der Waals surface area (Å²) < 4.78 is 4.77. The minimum absolute atomic E-state index is 0.216. The second kappa shape index (κ2) is 5.29. The first kappa shape index (κ1) is 15.0. The zero-order valence-electron chi connectivity index (χ0n) is 11.3. The van der Waals surface area contributed by atoms with E-state index in [4.69, 9.17) is 22.1 Å². The smallest absolute Gasteiger partial charge is 0.306 e. The number of halogens is 1. The summed E-state index contributed by atoms with van der Waals surface area (Å²) in [6.07, 6.45) is 0.216. The van der Waals surface area contributed by atoms with Crippen LogP contribution in [0.1, 0.15) is 32.8 Å². The fraction of sp³-hybridized carbons (Fsp3) is 0.500. The van der Waals surface area contributed by atoms with Gasteiger partial charge in [0.05, 0.1) is 13.5 Å². The molecule has 0 spiro atoms. The molecule has 0 aliphatic carbocycles. The average molecular weight is 270 g/mol. The monoisotopic (exact) mass is 269 g/mol. The largest absolute Gasteiger partial charge is 0.469 e. The summed E-state index contributed by atoms with van der Waals surface area (Å²) >= 11 is 6.01. The Labute approximate surface area is 113 Å². The average Bonchev–Trinajstić information content (AvgIpc) is 2.27. The van der Waals surface area contributed by atoms with Gasteiger partial charge in [0.15, 0.2) is 0 Å². The Balaban J connectivity index is 3.25. The van der Waals surface area contributed by atoms with Crippen LogP contribution in [0.25, 0.3) is 0 Å². The summed E-state index contributed by atoms with van der Waals surface area (Å²) in [5, 5.41) is 0.632. The lowest BCUT2D eigenvalue weighted by Gasteiger charge is -2.41. The van der Waals surface area contributed by atoms with Gasteiger partial charge in [0.25, 0.3) is 0 Å². The van der Waals surface area contributed by atoms with Crippen LogP contribution in [-0.2, 0) is 14.9 Å². The van der Waals surface area contributed by atoms with Crippen LogP contribution in [0.4, 0.5) is 0 Å². The number of benzene rings is 1. The van der Waals surface area contributed by atoms with Crippen LogP contribution in [0.15, 0.2) is 24.3 Å². The molecule has 0 heterocycles. The Morgan fingerprint density at radius 1 is 1.39 bits per heavy atom. The van der Waals surface area contributed by atoms with Crippen molar-refractivity contribution in [2.45, 2.75) is 38.1 Å². The molecule has 1 aromatic rings. The molecule has 1 aromatic carbocycles. The highest BCUT2D eigenvalue weighted by Crippen LogP contribution is 2.38. The van der Waals surface area contributed by atoms with Crippen LogP contribution in [0.2, 0.25) is 5.02 Å². The number of nitrogens with two attached hydrogens (primary N) is 1. The summed E-state index contributed by atoms with van der Waals surface area (Å²) in [5.74, 6) is -0.281. The van der Waals surface area contributed by atoms with Crippen LogP contribution in [0.5, 0.6) is 0 Å². The highest BCUT2D eigenvalue weighted by Gasteiger charge is 2.41. The second-order valence-corrected chi connectivity index (χ2v) is 5.75. The van der Waals surface area contributed by atoms with Gasteiger partial charge in [-0.25, -0.2) is 0 Å². The standard InChI is InChI=1S/C14H20ClNO2/c1-13(2,16)14(3,9-12(17)18-4)10-6-5-7-11(15)8-10/h5-8H,9,16H2,1-4H3. The van der Waals surface area contributed by atoms with Crippen LogP contribution in [-0.4, -0.2) is 18.6 Å². The van der Waals surface area contributed by atoms with Crippen LogP contribution in [0.3, 0.4) is 0 Å². The quantitative estimate of drug-likeness (QED) is 0.855. The van der Waals surface area contributed by atoms with E-state index in [2.05, 4.69) is 0 Å². The third kappa shape index (κ3) is 3.03. The van der Waals surface area contributed by atoms with Gasteiger partial charge in [-0.1, -0.05) is 30.7 Å². The van der Waals surface area contributed by atoms with Crippen molar-refractivity contribution in [3.63, 3.8) is 0 Å². The van der Waals surface area contributed by atoms with Gasteiger partial charge in [0.2, 0.25) is 0 Å². The summed E-state index contributed by atoms with van der Waals surface area (Å²) in [7, 11) is 1.38. The highest BCUT2D eigenvalue weighted by molar-refractivity contribution is 6.30. The number of carbonyl (C=O) groups excluding carboxylic acids is 1. The SMILES string of the molecule is COC(=O)CC(C)(c1cccc(Cl)c1)C(C)(C)N. The first-order chi connectivity index (χ1) is 8.20. The van der Waals surface area contributed by atoms with Gasteiger partial charge in [-0.2, -0.15) is 0 Å². The lowest BCUT2D eigenvalue weighted by molar-refractivity contribution is -0.142. The maximum absolute atomic E-state index is 11.6. The maximum atomic E-state index is 11.6. The molecule has 1 unspecified atom stereocenters. The van der Waals surface area contributed by atoms with Crippen molar-refractivity contribution in [3.8, 4) is 0 Å². The molecule has 4 heteroatoms. The Kier molecular flexibility index (Phi) is 4.41. The summed E-state index contributed by atoms with van der Waals surface area (Å²) in [6.45, 7) is 5.75. The molecule has 0 saturated heterocycles. The zero-order chi connectivity index (χ0) is 14.0. The van der Waals surface area contributed by atoms with Crippen molar-refractivity contribution in [3.05, 3.63) is 34.9 Å². The van der Waals surface area contributed by atoms with Crippen molar-refractivity contribution in [2.75, 3.05) is 7.11 Å². The molecule has 0 fully saturated rings. The second-order valence-electron chi connectivity index (χ2n) is 5.32. The van der Waals surface area contributed by atoms with E-state index in [0.29, 0.717) is 5.02 Å². The lowest BCUT2D eigenvalue weighted by atomic mass is 9.66. The molecule has 1 atom stereocenters. The Morgan fingerprint density at radius 2 is 2.00 bits per heavy atom. The molecule has 0 radical (unpaired) electrons. The predicted octanol–water partition coefficient (Wildman–Crippen LogP) is 2.90. The summed E-state index contributed by atoms with van der Waals surface area (Å²) in [6, 6.07) is 7.44. The highest BCUT2D eigenvalue weighted by atomic mass is 35.5. The molecular formula is C14H20ClNO2. The first-order valence-corrected chi connectivity index (χ1v) is 6.20. The lowest BCUT2D eigenvalue weighted by Crippen LogP contribution is -2.53. The Bertz CT molecular complexity index is 440. The Hall–Kier alpha value is -1.06. The van der Waals surface area contributed by atoms with E-state index < -0.39 is 11.0 Å². The van der Waals surface area contributed by atoms with Crippen molar-refractivity contribution in [1.82, 2.24) is 0 Å². The predicted molar refractivity (Wildman–Crippen MR) is 73.7 cm³/mol. The third-order valence-corrected chi connectivity index (χ3v) is 3.84. The van der Waals surface area contributed by atoms with E-state index in [1.807, 2.05) is 39.0 Å². The normalized spacial score (nSPS) is 15.0. The number of rotatable bonds is 4. The molecule has 0 amide bonds. The van der Waals surface area contributed by atoms with E-state index in [1.165, 1.54) is 7.11 Å². The molecule has 2 N–H and O–H groups in total. The van der Waals surface area contributed by atoms with Gasteiger partial charge in [-0.15, -0.1) is 0 Å². The fourth-order valence-corrected chi connectivity index (χ4v) is 2.08. The Morgan fingerprint density at radius 3 is 2.44 bits per heavy atom.